The van der Waals surface area contributed by atoms with Gasteiger partial charge in [0, 0.05) is 31.7 Å². The lowest BCUT2D eigenvalue weighted by Crippen LogP contribution is -2.49. The minimum Gasteiger partial charge on any atom is -0.336 e. The van der Waals surface area contributed by atoms with Gasteiger partial charge in [-0.1, -0.05) is 47.6 Å². The highest BCUT2D eigenvalue weighted by Gasteiger charge is 2.35. The molecule has 0 unspecified atom stereocenters. The number of carbonyl (C=O) groups is 3. The molecule has 1 fully saturated rings. The number of piperazine rings is 1. The highest BCUT2D eigenvalue weighted by atomic mass is 16.2. The molecule has 1 aromatic heterocycles. The molecule has 1 saturated heterocycles. The van der Waals surface area contributed by atoms with Crippen LogP contribution < -0.4 is 4.90 Å². The lowest BCUT2D eigenvalue weighted by atomic mass is 10.1. The van der Waals surface area contributed by atoms with E-state index >= 15 is 0 Å². The van der Waals surface area contributed by atoms with Crippen LogP contribution in [-0.4, -0.2) is 73.9 Å². The highest BCUT2D eigenvalue weighted by molar-refractivity contribution is 6.21. The molecule has 0 atom stereocenters. The van der Waals surface area contributed by atoms with Crippen molar-refractivity contribution >= 4 is 23.7 Å². The van der Waals surface area contributed by atoms with Gasteiger partial charge in [-0.25, -0.2) is 0 Å². The third-order valence-corrected chi connectivity index (χ3v) is 6.70. The topological polar surface area (TPSA) is 105 Å². The molecule has 0 N–H and O–H groups in total. The molecular weight excluding hydrogens is 470 g/mol. The normalized spacial score (nSPS) is 15.3. The van der Waals surface area contributed by atoms with Crippen LogP contribution in [0.1, 0.15) is 36.6 Å². The van der Waals surface area contributed by atoms with E-state index in [9.17, 15) is 14.4 Å². The molecule has 3 amide bonds. The summed E-state index contributed by atoms with van der Waals surface area (Å²) in [6.45, 7) is 2.33. The van der Waals surface area contributed by atoms with Crippen LogP contribution in [0.3, 0.4) is 0 Å². The number of anilines is 1. The Kier molecular flexibility index (Phi) is 5.68. The summed E-state index contributed by atoms with van der Waals surface area (Å²) >= 11 is 0. The van der Waals surface area contributed by atoms with Gasteiger partial charge < -0.3 is 9.80 Å². The van der Waals surface area contributed by atoms with E-state index in [1.165, 1.54) is 4.90 Å². The second kappa shape index (κ2) is 9.30. The first-order chi connectivity index (χ1) is 18.1. The maximum absolute atomic E-state index is 13.3. The average molecular weight is 494 g/mol. The number of rotatable bonds is 5. The van der Waals surface area contributed by atoms with Crippen LogP contribution in [0.15, 0.2) is 78.9 Å². The van der Waals surface area contributed by atoms with Crippen molar-refractivity contribution in [1.29, 1.82) is 0 Å². The maximum atomic E-state index is 13.3. The first-order valence-electron chi connectivity index (χ1n) is 12.0. The molecule has 10 nitrogen and oxygen atoms in total. The Hall–Kier alpha value is -4.86. The molecule has 184 valence electrons. The van der Waals surface area contributed by atoms with Gasteiger partial charge in [0.05, 0.1) is 23.4 Å². The number of hydrogen-bond donors (Lipinski definition) is 0. The van der Waals surface area contributed by atoms with Gasteiger partial charge in [-0.05, 0) is 52.4 Å². The van der Waals surface area contributed by atoms with Crippen molar-refractivity contribution in [1.82, 2.24) is 30.0 Å². The number of hydrogen-bond acceptors (Lipinski definition) is 7. The zero-order chi connectivity index (χ0) is 25.4. The van der Waals surface area contributed by atoms with Crippen LogP contribution in [0.4, 0.5) is 5.95 Å². The van der Waals surface area contributed by atoms with Gasteiger partial charge in [-0.3, -0.25) is 19.3 Å². The number of imide groups is 1. The number of nitrogens with zero attached hydrogens (tertiary/aromatic N) is 7. The van der Waals surface area contributed by atoms with Crippen LogP contribution in [0.2, 0.25) is 0 Å². The summed E-state index contributed by atoms with van der Waals surface area (Å²) in [5.41, 5.74) is 2.94. The summed E-state index contributed by atoms with van der Waals surface area (Å²) < 4.78 is 1.69. The van der Waals surface area contributed by atoms with E-state index in [1.54, 1.807) is 52.0 Å². The molecule has 4 aromatic rings. The number of fused-ring (bicyclic) bond motifs is 1. The second-order valence-electron chi connectivity index (χ2n) is 8.95. The lowest BCUT2D eigenvalue weighted by Gasteiger charge is -2.34. The molecule has 3 aromatic carbocycles. The summed E-state index contributed by atoms with van der Waals surface area (Å²) in [6.07, 6.45) is 0. The first kappa shape index (κ1) is 22.6. The number of tetrazole rings is 1. The average Bonchev–Trinajstić information content (AvgIpc) is 3.54. The predicted octanol–water partition coefficient (Wildman–Crippen LogP) is 2.42. The molecule has 10 heteroatoms. The van der Waals surface area contributed by atoms with Crippen molar-refractivity contribution < 1.29 is 14.4 Å². The zero-order valence-corrected chi connectivity index (χ0v) is 19.9. The Bertz CT molecular complexity index is 1460. The van der Waals surface area contributed by atoms with Gasteiger partial charge in [0.15, 0.2) is 0 Å². The number of aromatic nitrogens is 4. The molecule has 0 radical (unpaired) electrons. The second-order valence-corrected chi connectivity index (χ2v) is 8.95. The fraction of sp³-hybridized carbons (Fsp3) is 0.185. The van der Waals surface area contributed by atoms with Gasteiger partial charge in [-0.2, -0.15) is 4.68 Å². The van der Waals surface area contributed by atoms with E-state index in [0.717, 1.165) is 11.3 Å². The van der Waals surface area contributed by atoms with Crippen LogP contribution in [0, 0.1) is 0 Å². The minimum atomic E-state index is -0.314. The van der Waals surface area contributed by atoms with E-state index < -0.39 is 0 Å². The molecule has 0 saturated carbocycles. The van der Waals surface area contributed by atoms with Gasteiger partial charge in [-0.15, -0.1) is 0 Å². The number of para-hydroxylation sites is 1. The molecule has 0 spiro atoms. The SMILES string of the molecule is O=C(c1cccc(CN2C(=O)c3ccccc3C2=O)c1)N1CCN(c2nnnn2-c2ccccc2)CC1. The van der Waals surface area contributed by atoms with E-state index in [0.29, 0.717) is 48.8 Å². The lowest BCUT2D eigenvalue weighted by molar-refractivity contribution is 0.0642. The van der Waals surface area contributed by atoms with E-state index in [2.05, 4.69) is 20.4 Å². The van der Waals surface area contributed by atoms with Crippen LogP contribution in [-0.2, 0) is 6.54 Å². The maximum Gasteiger partial charge on any atom is 0.261 e. The minimum absolute atomic E-state index is 0.0912. The van der Waals surface area contributed by atoms with E-state index in [1.807, 2.05) is 36.4 Å². The summed E-state index contributed by atoms with van der Waals surface area (Å²) in [6, 6.07) is 23.6. The van der Waals surface area contributed by atoms with E-state index in [-0.39, 0.29) is 24.3 Å². The van der Waals surface area contributed by atoms with Gasteiger partial charge in [0.1, 0.15) is 0 Å². The monoisotopic (exact) mass is 493 g/mol. The summed E-state index contributed by atoms with van der Waals surface area (Å²) in [5.74, 6) is -0.0784. The molecule has 0 bridgehead atoms. The largest absolute Gasteiger partial charge is 0.336 e. The van der Waals surface area contributed by atoms with Crippen molar-refractivity contribution in [3.05, 3.63) is 101 Å². The highest BCUT2D eigenvalue weighted by Crippen LogP contribution is 2.25. The molecule has 3 heterocycles. The summed E-state index contributed by atoms with van der Waals surface area (Å²) in [4.78, 5) is 43.8. The Morgan fingerprint density at radius 2 is 1.46 bits per heavy atom. The van der Waals surface area contributed by atoms with Crippen molar-refractivity contribution in [3.8, 4) is 5.69 Å². The Labute approximate surface area is 212 Å². The summed E-state index contributed by atoms with van der Waals surface area (Å²) in [7, 11) is 0. The van der Waals surface area contributed by atoms with Crippen molar-refractivity contribution in [2.24, 2.45) is 0 Å². The van der Waals surface area contributed by atoms with Crippen LogP contribution in [0.5, 0.6) is 0 Å². The van der Waals surface area contributed by atoms with E-state index in [4.69, 9.17) is 0 Å². The molecular formula is C27H23N7O3. The third kappa shape index (κ3) is 4.12. The first-order valence-corrected chi connectivity index (χ1v) is 12.0. The molecule has 0 aliphatic carbocycles. The van der Waals surface area contributed by atoms with Gasteiger partial charge in [0.25, 0.3) is 17.7 Å². The Morgan fingerprint density at radius 1 is 0.784 bits per heavy atom. The fourth-order valence-corrected chi connectivity index (χ4v) is 4.78. The van der Waals surface area contributed by atoms with Crippen molar-refractivity contribution in [2.45, 2.75) is 6.54 Å². The van der Waals surface area contributed by atoms with Crippen molar-refractivity contribution in [2.75, 3.05) is 31.1 Å². The molecule has 6 rings (SSSR count). The van der Waals surface area contributed by atoms with Crippen molar-refractivity contribution in [3.63, 3.8) is 0 Å². The number of amides is 3. The zero-order valence-electron chi connectivity index (χ0n) is 19.9. The number of benzene rings is 3. The Morgan fingerprint density at radius 3 is 2.16 bits per heavy atom. The standard InChI is InChI=1S/C27H23N7O3/c35-24(31-13-15-32(16-14-31)27-28-29-30-34(27)21-9-2-1-3-10-21)20-8-6-7-19(17-20)18-33-25(36)22-11-4-5-12-23(22)26(33)37/h1-12,17H,13-16,18H2. The smallest absolute Gasteiger partial charge is 0.261 e. The van der Waals surface area contributed by atoms with Crippen LogP contribution >= 0.6 is 0 Å². The molecule has 37 heavy (non-hydrogen) atoms. The fourth-order valence-electron chi connectivity index (χ4n) is 4.78. The predicted molar refractivity (Wildman–Crippen MR) is 134 cm³/mol. The Balaban J connectivity index is 1.12. The van der Waals surface area contributed by atoms with Gasteiger partial charge >= 0.3 is 0 Å². The van der Waals surface area contributed by atoms with Crippen LogP contribution in [0.25, 0.3) is 5.69 Å². The molecule has 2 aliphatic heterocycles. The number of carbonyl (C=O) groups excluding carboxylic acids is 3. The third-order valence-electron chi connectivity index (χ3n) is 6.70. The quantitative estimate of drug-likeness (QED) is 0.393. The molecule has 2 aliphatic rings. The van der Waals surface area contributed by atoms with Gasteiger partial charge in [0.2, 0.25) is 5.95 Å². The summed E-state index contributed by atoms with van der Waals surface area (Å²) in [5, 5.41) is 12.2.